The van der Waals surface area contributed by atoms with Crippen molar-refractivity contribution in [2.45, 2.75) is 25.3 Å². The fourth-order valence-corrected chi connectivity index (χ4v) is 1.70. The number of methoxy groups -OCH3 is 1. The lowest BCUT2D eigenvalue weighted by Crippen LogP contribution is -2.15. The van der Waals surface area contributed by atoms with Gasteiger partial charge in [0.25, 0.3) is 0 Å². The van der Waals surface area contributed by atoms with E-state index in [0.717, 1.165) is 12.8 Å². The average Bonchev–Trinajstić information content (AvgIpc) is 2.30. The van der Waals surface area contributed by atoms with E-state index in [1.807, 2.05) is 0 Å². The zero-order valence-electron chi connectivity index (χ0n) is 10.3. The molecule has 0 saturated heterocycles. The molecule has 0 aromatic heterocycles. The van der Waals surface area contributed by atoms with Gasteiger partial charge in [0.15, 0.2) is 11.6 Å². The van der Waals surface area contributed by atoms with Gasteiger partial charge in [-0.2, -0.15) is 0 Å². The maximum atomic E-state index is 13.8. The van der Waals surface area contributed by atoms with Gasteiger partial charge in [0.1, 0.15) is 5.82 Å². The van der Waals surface area contributed by atoms with Gasteiger partial charge in [-0.3, -0.25) is 0 Å². The molecule has 0 unspecified atom stereocenters. The predicted octanol–water partition coefficient (Wildman–Crippen LogP) is 2.52. The van der Waals surface area contributed by atoms with Gasteiger partial charge in [0.2, 0.25) is 0 Å². The van der Waals surface area contributed by atoms with Crippen LogP contribution < -0.4 is 16.2 Å². The maximum Gasteiger partial charge on any atom is 0.172 e. The second kappa shape index (κ2) is 8.24. The number of ether oxygens (including phenoxy) is 1. The number of hydrogen-bond acceptors (Lipinski definition) is 3. The summed E-state index contributed by atoms with van der Waals surface area (Å²) in [5, 5.41) is 0. The second-order valence-electron chi connectivity index (χ2n) is 3.87. The van der Waals surface area contributed by atoms with Gasteiger partial charge in [0, 0.05) is 11.6 Å². The molecule has 18 heavy (non-hydrogen) atoms. The zero-order valence-corrected chi connectivity index (χ0v) is 11.1. The van der Waals surface area contributed by atoms with Crippen LogP contribution in [0.1, 0.15) is 30.9 Å². The number of halogens is 3. The highest BCUT2D eigenvalue weighted by Crippen LogP contribution is 2.28. The molecule has 0 heterocycles. The van der Waals surface area contributed by atoms with Crippen LogP contribution in [-0.2, 0) is 0 Å². The van der Waals surface area contributed by atoms with Crippen LogP contribution in [0, 0.1) is 11.6 Å². The Hall–Kier alpha value is -0.910. The summed E-state index contributed by atoms with van der Waals surface area (Å²) >= 11 is 0. The minimum atomic E-state index is -0.715. The minimum Gasteiger partial charge on any atom is -0.494 e. The summed E-state index contributed by atoms with van der Waals surface area (Å²) in [5.41, 5.74) is 11.0. The lowest BCUT2D eigenvalue weighted by atomic mass is 10.0. The Balaban J connectivity index is 0.00000289. The Morgan fingerprint density at radius 1 is 1.28 bits per heavy atom. The van der Waals surface area contributed by atoms with Gasteiger partial charge in [-0.1, -0.05) is 6.42 Å². The fourth-order valence-electron chi connectivity index (χ4n) is 1.70. The third-order valence-corrected chi connectivity index (χ3v) is 2.65. The highest BCUT2D eigenvalue weighted by atomic mass is 35.5. The van der Waals surface area contributed by atoms with E-state index < -0.39 is 17.7 Å². The smallest absolute Gasteiger partial charge is 0.172 e. The largest absolute Gasteiger partial charge is 0.494 e. The summed E-state index contributed by atoms with van der Waals surface area (Å²) < 4.78 is 32.1. The Morgan fingerprint density at radius 3 is 2.50 bits per heavy atom. The molecule has 1 aromatic rings. The van der Waals surface area contributed by atoms with Crippen molar-refractivity contribution in [3.63, 3.8) is 0 Å². The quantitative estimate of drug-likeness (QED) is 0.787. The first-order valence-electron chi connectivity index (χ1n) is 5.59. The zero-order chi connectivity index (χ0) is 12.8. The summed E-state index contributed by atoms with van der Waals surface area (Å²) in [5.74, 6) is -1.34. The van der Waals surface area contributed by atoms with Gasteiger partial charge in [0.05, 0.1) is 7.11 Å². The summed E-state index contributed by atoms with van der Waals surface area (Å²) in [6, 6.07) is 1.75. The minimum absolute atomic E-state index is 0. The Morgan fingerprint density at radius 2 is 1.94 bits per heavy atom. The Labute approximate surface area is 112 Å². The molecular formula is C12H19ClF2N2O. The van der Waals surface area contributed by atoms with Crippen LogP contribution >= 0.6 is 12.4 Å². The van der Waals surface area contributed by atoms with Crippen LogP contribution in [0.15, 0.2) is 12.1 Å². The first-order chi connectivity index (χ1) is 8.11. The van der Waals surface area contributed by atoms with Gasteiger partial charge < -0.3 is 16.2 Å². The van der Waals surface area contributed by atoms with Crippen molar-refractivity contribution in [3.05, 3.63) is 29.3 Å². The third kappa shape index (κ3) is 4.08. The highest BCUT2D eigenvalue weighted by molar-refractivity contribution is 5.85. The number of nitrogens with two attached hydrogens (primary N) is 2. The Bertz CT molecular complexity index is 377. The lowest BCUT2D eigenvalue weighted by Gasteiger charge is -2.15. The average molecular weight is 281 g/mol. The Kier molecular flexibility index (Phi) is 7.82. The number of rotatable bonds is 6. The van der Waals surface area contributed by atoms with E-state index in [1.165, 1.54) is 19.2 Å². The van der Waals surface area contributed by atoms with Crippen LogP contribution in [0.2, 0.25) is 0 Å². The van der Waals surface area contributed by atoms with Crippen molar-refractivity contribution in [1.29, 1.82) is 0 Å². The molecule has 0 aliphatic carbocycles. The summed E-state index contributed by atoms with van der Waals surface area (Å²) in [4.78, 5) is 0. The van der Waals surface area contributed by atoms with E-state index in [4.69, 9.17) is 16.2 Å². The van der Waals surface area contributed by atoms with Crippen LogP contribution in [0.25, 0.3) is 0 Å². The van der Waals surface area contributed by atoms with Crippen molar-refractivity contribution >= 4 is 12.4 Å². The monoisotopic (exact) mass is 280 g/mol. The van der Waals surface area contributed by atoms with E-state index in [9.17, 15) is 8.78 Å². The molecule has 4 N–H and O–H groups in total. The molecule has 1 atom stereocenters. The normalized spacial score (nSPS) is 11.8. The lowest BCUT2D eigenvalue weighted by molar-refractivity contribution is 0.376. The molecule has 1 rings (SSSR count). The third-order valence-electron chi connectivity index (χ3n) is 2.65. The van der Waals surface area contributed by atoms with Crippen LogP contribution in [0.5, 0.6) is 5.75 Å². The van der Waals surface area contributed by atoms with Gasteiger partial charge in [-0.25, -0.2) is 8.78 Å². The molecule has 0 spiro atoms. The second-order valence-corrected chi connectivity index (χ2v) is 3.87. The number of unbranched alkanes of at least 4 members (excludes halogenated alkanes) is 1. The van der Waals surface area contributed by atoms with Crippen molar-refractivity contribution in [2.75, 3.05) is 13.7 Å². The standard InChI is InChI=1S/C12H18F2N2O.ClH/c1-17-10-6-5-8(13)11(12(10)14)9(16)4-2-3-7-15;/h5-6,9H,2-4,7,15-16H2,1H3;1H/t9-;/m0./s1. The van der Waals surface area contributed by atoms with E-state index >= 15 is 0 Å². The molecule has 0 radical (unpaired) electrons. The number of hydrogen-bond donors (Lipinski definition) is 2. The van der Waals surface area contributed by atoms with Crippen molar-refractivity contribution in [3.8, 4) is 5.75 Å². The molecule has 0 aliphatic heterocycles. The summed E-state index contributed by atoms with van der Waals surface area (Å²) in [7, 11) is 1.33. The molecule has 1 aromatic carbocycles. The van der Waals surface area contributed by atoms with Crippen LogP contribution in [0.4, 0.5) is 8.78 Å². The van der Waals surface area contributed by atoms with Crippen molar-refractivity contribution in [1.82, 2.24) is 0 Å². The van der Waals surface area contributed by atoms with Crippen molar-refractivity contribution in [2.24, 2.45) is 11.5 Å². The molecule has 0 bridgehead atoms. The highest BCUT2D eigenvalue weighted by Gasteiger charge is 2.19. The molecule has 0 amide bonds. The van der Waals surface area contributed by atoms with E-state index in [1.54, 1.807) is 0 Å². The predicted molar refractivity (Wildman–Crippen MR) is 70.0 cm³/mol. The van der Waals surface area contributed by atoms with Gasteiger partial charge in [-0.15, -0.1) is 12.4 Å². The topological polar surface area (TPSA) is 61.3 Å². The van der Waals surface area contributed by atoms with Gasteiger partial charge >= 0.3 is 0 Å². The SMILES string of the molecule is COc1ccc(F)c([C@@H](N)CCCCN)c1F.Cl. The fraction of sp³-hybridized carbons (Fsp3) is 0.500. The van der Waals surface area contributed by atoms with Crippen molar-refractivity contribution < 1.29 is 13.5 Å². The molecule has 3 nitrogen and oxygen atoms in total. The molecule has 0 aliphatic rings. The molecule has 0 fully saturated rings. The first-order valence-corrected chi connectivity index (χ1v) is 5.59. The van der Waals surface area contributed by atoms with E-state index in [2.05, 4.69) is 0 Å². The van der Waals surface area contributed by atoms with E-state index in [-0.39, 0.29) is 23.7 Å². The summed E-state index contributed by atoms with van der Waals surface area (Å²) in [6.07, 6.45) is 2.03. The van der Waals surface area contributed by atoms with Crippen LogP contribution in [-0.4, -0.2) is 13.7 Å². The first kappa shape index (κ1) is 17.1. The van der Waals surface area contributed by atoms with Gasteiger partial charge in [-0.05, 0) is 31.5 Å². The maximum absolute atomic E-state index is 13.8. The molecule has 0 saturated carbocycles. The van der Waals surface area contributed by atoms with E-state index in [0.29, 0.717) is 13.0 Å². The number of benzene rings is 1. The molecule has 104 valence electrons. The summed E-state index contributed by atoms with van der Waals surface area (Å²) in [6.45, 7) is 0.551. The van der Waals surface area contributed by atoms with Crippen LogP contribution in [0.3, 0.4) is 0 Å². The molecule has 6 heteroatoms. The molecular weight excluding hydrogens is 262 g/mol.